The number of para-hydroxylation sites is 2. The van der Waals surface area contributed by atoms with Crippen LogP contribution in [0.25, 0.3) is 11.1 Å². The van der Waals surface area contributed by atoms with Crippen LogP contribution in [0.15, 0.2) is 77.2 Å². The van der Waals surface area contributed by atoms with E-state index in [0.717, 1.165) is 34.6 Å². The second-order valence-corrected chi connectivity index (χ2v) is 9.41. The van der Waals surface area contributed by atoms with E-state index >= 15 is 0 Å². The zero-order chi connectivity index (χ0) is 26.0. The first-order valence-electron chi connectivity index (χ1n) is 12.0. The molecule has 0 unspecified atom stereocenters. The minimum Gasteiger partial charge on any atom is -0.497 e. The minimum atomic E-state index is -0.966. The van der Waals surface area contributed by atoms with E-state index in [0.29, 0.717) is 42.3 Å². The van der Waals surface area contributed by atoms with Gasteiger partial charge < -0.3 is 28.6 Å². The molecular weight excluding hydrogens is 587 g/mol. The molecule has 4 rings (SSSR count). The maximum atomic E-state index is 11.5. The quantitative estimate of drug-likeness (QED) is 0.105. The van der Waals surface area contributed by atoms with Crippen molar-refractivity contribution >= 4 is 45.7 Å². The molecule has 0 amide bonds. The number of fused-ring (bicyclic) bond motifs is 1. The summed E-state index contributed by atoms with van der Waals surface area (Å²) < 4.78 is 23.6. The number of oxazole rings is 1. The zero-order valence-corrected chi connectivity index (χ0v) is 22.7. The van der Waals surface area contributed by atoms with Crippen molar-refractivity contribution in [3.63, 3.8) is 0 Å². The third kappa shape index (κ3) is 7.51. The lowest BCUT2D eigenvalue weighted by Crippen LogP contribution is -2.27. The van der Waals surface area contributed by atoms with E-state index in [4.69, 9.17) is 18.6 Å². The van der Waals surface area contributed by atoms with E-state index in [9.17, 15) is 9.90 Å². The molecule has 0 aliphatic heterocycles. The Morgan fingerprint density at radius 3 is 2.57 bits per heavy atom. The molecule has 4 aromatic rings. The number of aliphatic carboxylic acids is 1. The van der Waals surface area contributed by atoms with Crippen LogP contribution in [0.5, 0.6) is 17.2 Å². The molecule has 0 bridgehead atoms. The van der Waals surface area contributed by atoms with E-state index < -0.39 is 12.1 Å². The van der Waals surface area contributed by atoms with Gasteiger partial charge in [0.05, 0.1) is 13.7 Å². The Morgan fingerprint density at radius 2 is 1.84 bits per heavy atom. The van der Waals surface area contributed by atoms with Gasteiger partial charge in [0, 0.05) is 23.9 Å². The van der Waals surface area contributed by atoms with Gasteiger partial charge in [0.1, 0.15) is 22.8 Å². The lowest BCUT2D eigenvalue weighted by atomic mass is 10.2. The highest BCUT2D eigenvalue weighted by Gasteiger charge is 2.19. The van der Waals surface area contributed by atoms with Crippen LogP contribution in [-0.2, 0) is 11.3 Å². The van der Waals surface area contributed by atoms with Gasteiger partial charge in [0.25, 0.3) is 6.01 Å². The number of ether oxygens (including phenoxy) is 3. The van der Waals surface area contributed by atoms with Gasteiger partial charge in [0.2, 0.25) is 0 Å². The van der Waals surface area contributed by atoms with Gasteiger partial charge in [0.15, 0.2) is 11.7 Å². The van der Waals surface area contributed by atoms with Gasteiger partial charge in [-0.1, -0.05) is 46.9 Å². The zero-order valence-electron chi connectivity index (χ0n) is 20.5. The molecule has 1 N–H and O–H groups in total. The van der Waals surface area contributed by atoms with Gasteiger partial charge in [-0.05, 0) is 60.5 Å². The number of carbonyl (C=O) groups is 1. The van der Waals surface area contributed by atoms with Crippen molar-refractivity contribution in [1.82, 2.24) is 4.98 Å². The maximum absolute atomic E-state index is 11.5. The summed E-state index contributed by atoms with van der Waals surface area (Å²) in [5.74, 6) is 1.12. The van der Waals surface area contributed by atoms with Crippen LogP contribution in [0.1, 0.15) is 18.4 Å². The Balaban J connectivity index is 1.46. The van der Waals surface area contributed by atoms with E-state index in [-0.39, 0.29) is 0 Å². The molecule has 0 spiro atoms. The van der Waals surface area contributed by atoms with E-state index in [1.54, 1.807) is 13.2 Å². The van der Waals surface area contributed by atoms with Gasteiger partial charge >= 0.3 is 5.97 Å². The van der Waals surface area contributed by atoms with Crippen molar-refractivity contribution < 1.29 is 28.5 Å². The first kappa shape index (κ1) is 26.6. The normalized spacial score (nSPS) is 11.7. The summed E-state index contributed by atoms with van der Waals surface area (Å²) in [6.45, 7) is 1.67. The highest BCUT2D eigenvalue weighted by molar-refractivity contribution is 14.1. The predicted molar refractivity (Wildman–Crippen MR) is 150 cm³/mol. The highest BCUT2D eigenvalue weighted by atomic mass is 127. The number of methoxy groups -OCH3 is 1. The molecule has 194 valence electrons. The Morgan fingerprint density at radius 1 is 1.05 bits per heavy atom. The van der Waals surface area contributed by atoms with Gasteiger partial charge in [-0.2, -0.15) is 4.98 Å². The fourth-order valence-electron chi connectivity index (χ4n) is 3.79. The molecule has 0 fully saturated rings. The molecular formula is C28H29IN2O6. The smallest absolute Gasteiger partial charge is 0.344 e. The first-order valence-corrected chi connectivity index (χ1v) is 13.5. The minimum absolute atomic E-state index is 0.434. The molecule has 0 aliphatic rings. The molecule has 3 aromatic carbocycles. The molecule has 0 aliphatic carbocycles. The number of anilines is 1. The predicted octanol–water partition coefficient (Wildman–Crippen LogP) is 5.97. The molecule has 0 saturated carbocycles. The summed E-state index contributed by atoms with van der Waals surface area (Å²) in [6, 6.07) is 23.2. The maximum Gasteiger partial charge on any atom is 0.344 e. The molecule has 9 heteroatoms. The van der Waals surface area contributed by atoms with Crippen molar-refractivity contribution in [3.8, 4) is 17.2 Å². The third-order valence-electron chi connectivity index (χ3n) is 5.65. The summed E-state index contributed by atoms with van der Waals surface area (Å²) in [7, 11) is 1.63. The number of rotatable bonds is 14. The van der Waals surface area contributed by atoms with Crippen LogP contribution in [0.3, 0.4) is 0 Å². The number of carboxylic acids is 1. The second kappa shape index (κ2) is 13.2. The summed E-state index contributed by atoms with van der Waals surface area (Å²) in [6.07, 6.45) is 0.288. The van der Waals surface area contributed by atoms with Gasteiger partial charge in [-0.25, -0.2) is 4.79 Å². The van der Waals surface area contributed by atoms with Crippen molar-refractivity contribution in [2.45, 2.75) is 25.5 Å². The summed E-state index contributed by atoms with van der Waals surface area (Å²) in [5, 5.41) is 9.45. The van der Waals surface area contributed by atoms with Crippen molar-refractivity contribution in [1.29, 1.82) is 0 Å². The van der Waals surface area contributed by atoms with E-state index in [1.165, 1.54) is 0 Å². The molecule has 1 aromatic heterocycles. The number of hydrogen-bond acceptors (Lipinski definition) is 7. The average molecular weight is 616 g/mol. The lowest BCUT2D eigenvalue weighted by molar-refractivity contribution is -0.145. The largest absolute Gasteiger partial charge is 0.497 e. The molecule has 0 radical (unpaired) electrons. The van der Waals surface area contributed by atoms with Crippen LogP contribution < -0.4 is 19.1 Å². The third-order valence-corrected chi connectivity index (χ3v) is 6.27. The van der Waals surface area contributed by atoms with Crippen LogP contribution in [0, 0.1) is 0 Å². The molecule has 8 nitrogen and oxygen atoms in total. The van der Waals surface area contributed by atoms with E-state index in [2.05, 4.69) is 32.5 Å². The van der Waals surface area contributed by atoms with Crippen LogP contribution in [-0.4, -0.2) is 46.9 Å². The topological polar surface area (TPSA) is 94.3 Å². The number of nitrogens with zero attached hydrogens (tertiary/aromatic N) is 2. The fourth-order valence-corrected chi connectivity index (χ4v) is 4.35. The standard InChI is InChI=1S/C28H29IN2O6/c1-34-21-10-12-22(13-11-21)35-17-5-16-31(28-30-24-8-2-3-9-25(24)37-28)19-20-6-4-7-23(18-20)36-26(14-15-29)27(32)33/h2-4,6-13,18,26H,5,14-17,19H2,1H3,(H,32,33)/t26-/m1/s1. The Bertz CT molecular complexity index is 1260. The number of carboxylic acid groups (broad SMARTS) is 1. The van der Waals surface area contributed by atoms with Crippen molar-refractivity contribution in [2.24, 2.45) is 0 Å². The van der Waals surface area contributed by atoms with E-state index in [1.807, 2.05) is 66.7 Å². The second-order valence-electron chi connectivity index (χ2n) is 8.33. The molecule has 1 atom stereocenters. The molecule has 37 heavy (non-hydrogen) atoms. The molecule has 0 saturated heterocycles. The Kier molecular flexibility index (Phi) is 9.47. The van der Waals surface area contributed by atoms with Crippen LogP contribution >= 0.6 is 22.6 Å². The SMILES string of the molecule is COc1ccc(OCCCN(Cc2cccc(O[C@H](CCI)C(=O)O)c2)c2nc3ccccc3o2)cc1. The number of hydrogen-bond donors (Lipinski definition) is 1. The first-order chi connectivity index (χ1) is 18.1. The summed E-state index contributed by atoms with van der Waals surface area (Å²) in [5.41, 5.74) is 2.46. The lowest BCUT2D eigenvalue weighted by Gasteiger charge is -2.21. The number of alkyl halides is 1. The van der Waals surface area contributed by atoms with Crippen LogP contribution in [0.2, 0.25) is 0 Å². The Hall–Kier alpha value is -3.47. The Labute approximate surface area is 229 Å². The van der Waals surface area contributed by atoms with Gasteiger partial charge in [-0.3, -0.25) is 0 Å². The van der Waals surface area contributed by atoms with Crippen molar-refractivity contribution in [2.75, 3.05) is 29.6 Å². The van der Waals surface area contributed by atoms with Crippen molar-refractivity contribution in [3.05, 3.63) is 78.4 Å². The van der Waals surface area contributed by atoms with Gasteiger partial charge in [-0.15, -0.1) is 0 Å². The number of halogens is 1. The fraction of sp³-hybridized carbons (Fsp3) is 0.286. The monoisotopic (exact) mass is 616 g/mol. The average Bonchev–Trinajstić information content (AvgIpc) is 3.35. The highest BCUT2D eigenvalue weighted by Crippen LogP contribution is 2.25. The number of benzene rings is 3. The summed E-state index contributed by atoms with van der Waals surface area (Å²) in [4.78, 5) is 18.3. The molecule has 1 heterocycles. The number of aromatic nitrogens is 1. The van der Waals surface area contributed by atoms with Crippen LogP contribution in [0.4, 0.5) is 6.01 Å². The summed E-state index contributed by atoms with van der Waals surface area (Å²) >= 11 is 2.15.